The largest absolute Gasteiger partial charge is 0.324 e. The molecule has 1 aromatic heterocycles. The van der Waals surface area contributed by atoms with Crippen molar-refractivity contribution in [2.45, 2.75) is 49.8 Å². The maximum atomic E-state index is 12.3. The van der Waals surface area contributed by atoms with E-state index in [0.29, 0.717) is 18.3 Å². The van der Waals surface area contributed by atoms with Crippen molar-refractivity contribution in [1.29, 1.82) is 0 Å². The molecule has 6 nitrogen and oxygen atoms in total. The van der Waals surface area contributed by atoms with Gasteiger partial charge >= 0.3 is 0 Å². The van der Waals surface area contributed by atoms with Crippen LogP contribution >= 0.6 is 11.8 Å². The van der Waals surface area contributed by atoms with Gasteiger partial charge in [-0.15, -0.1) is 10.2 Å². The predicted molar refractivity (Wildman–Crippen MR) is 81.6 cm³/mol. The molecule has 0 aliphatic heterocycles. The zero-order valence-corrected chi connectivity index (χ0v) is 13.1. The molecule has 1 saturated carbocycles. The number of thioether (sulfide) groups is 1. The molecule has 3 rings (SSSR count). The third kappa shape index (κ3) is 3.13. The number of hydrogen-bond donors (Lipinski definition) is 1. The van der Waals surface area contributed by atoms with Gasteiger partial charge in [0.2, 0.25) is 5.91 Å². The SMILES string of the molecule is CN(C(=O)CSc1nnc(CN)n1C1CC1)C1=CCCC1. The van der Waals surface area contributed by atoms with Gasteiger partial charge in [0.05, 0.1) is 12.3 Å². The van der Waals surface area contributed by atoms with E-state index >= 15 is 0 Å². The zero-order chi connectivity index (χ0) is 14.8. The third-order valence-corrected chi connectivity index (χ3v) is 4.90. The predicted octanol–water partition coefficient (Wildman–Crippen LogP) is 1.69. The first-order valence-corrected chi connectivity index (χ1v) is 8.41. The van der Waals surface area contributed by atoms with Gasteiger partial charge in [0.25, 0.3) is 0 Å². The number of allylic oxidation sites excluding steroid dienone is 2. The van der Waals surface area contributed by atoms with Crippen molar-refractivity contribution in [3.8, 4) is 0 Å². The second-order valence-corrected chi connectivity index (χ2v) is 6.48. The van der Waals surface area contributed by atoms with Crippen molar-refractivity contribution in [1.82, 2.24) is 19.7 Å². The van der Waals surface area contributed by atoms with Crippen molar-refractivity contribution < 1.29 is 4.79 Å². The van der Waals surface area contributed by atoms with Crippen molar-refractivity contribution in [2.24, 2.45) is 5.73 Å². The Labute approximate surface area is 128 Å². The highest BCUT2D eigenvalue weighted by Gasteiger charge is 2.29. The molecule has 2 N–H and O–H groups in total. The summed E-state index contributed by atoms with van der Waals surface area (Å²) in [5, 5.41) is 9.13. The number of amides is 1. The molecule has 21 heavy (non-hydrogen) atoms. The van der Waals surface area contributed by atoms with Crippen LogP contribution in [0.4, 0.5) is 0 Å². The Kier molecular flexibility index (Phi) is 4.30. The lowest BCUT2D eigenvalue weighted by Gasteiger charge is -2.18. The summed E-state index contributed by atoms with van der Waals surface area (Å²) in [6.07, 6.45) is 7.69. The van der Waals surface area contributed by atoms with Crippen LogP contribution in [0.25, 0.3) is 0 Å². The van der Waals surface area contributed by atoms with E-state index < -0.39 is 0 Å². The van der Waals surface area contributed by atoms with Crippen molar-refractivity contribution >= 4 is 17.7 Å². The zero-order valence-electron chi connectivity index (χ0n) is 12.3. The molecule has 7 heteroatoms. The lowest BCUT2D eigenvalue weighted by molar-refractivity contribution is -0.125. The van der Waals surface area contributed by atoms with Crippen LogP contribution in [0.5, 0.6) is 0 Å². The number of nitrogens with two attached hydrogens (primary N) is 1. The number of aromatic nitrogens is 3. The maximum Gasteiger partial charge on any atom is 0.236 e. The van der Waals surface area contributed by atoms with Crippen LogP contribution < -0.4 is 5.73 Å². The van der Waals surface area contributed by atoms with Crippen LogP contribution in [0, 0.1) is 0 Å². The molecule has 0 atom stereocenters. The van der Waals surface area contributed by atoms with Gasteiger partial charge in [-0.2, -0.15) is 0 Å². The Balaban J connectivity index is 1.62. The molecule has 1 heterocycles. The second kappa shape index (κ2) is 6.19. The van der Waals surface area contributed by atoms with Crippen molar-refractivity contribution in [3.63, 3.8) is 0 Å². The minimum atomic E-state index is 0.118. The van der Waals surface area contributed by atoms with E-state index in [9.17, 15) is 4.79 Å². The minimum absolute atomic E-state index is 0.118. The molecule has 0 bridgehead atoms. The Morgan fingerprint density at radius 3 is 2.95 bits per heavy atom. The molecule has 0 spiro atoms. The van der Waals surface area contributed by atoms with E-state index in [-0.39, 0.29) is 5.91 Å². The summed E-state index contributed by atoms with van der Waals surface area (Å²) in [6.45, 7) is 0.394. The topological polar surface area (TPSA) is 77.0 Å². The summed E-state index contributed by atoms with van der Waals surface area (Å²) in [5.41, 5.74) is 6.85. The number of hydrogen-bond acceptors (Lipinski definition) is 5. The molecule has 114 valence electrons. The standard InChI is InChI=1S/C14H21N5OS/c1-18(10-4-2-3-5-10)13(20)9-21-14-17-16-12(8-15)19(14)11-6-7-11/h4,11H,2-3,5-9,15H2,1H3. The average Bonchev–Trinajstić information content (AvgIpc) is 3.04. The average molecular weight is 307 g/mol. The normalized spacial score (nSPS) is 17.9. The first kappa shape index (κ1) is 14.6. The van der Waals surface area contributed by atoms with Crippen LogP contribution in [-0.4, -0.2) is 38.4 Å². The number of carbonyl (C=O) groups is 1. The molecule has 1 amide bonds. The Morgan fingerprint density at radius 1 is 1.52 bits per heavy atom. The quantitative estimate of drug-likeness (QED) is 0.809. The van der Waals surface area contributed by atoms with Gasteiger partial charge in [0, 0.05) is 18.8 Å². The molecule has 0 unspecified atom stereocenters. The number of rotatable bonds is 6. The number of nitrogens with zero attached hydrogens (tertiary/aromatic N) is 4. The van der Waals surface area contributed by atoms with Crippen molar-refractivity contribution in [3.05, 3.63) is 17.6 Å². The monoisotopic (exact) mass is 307 g/mol. The second-order valence-electron chi connectivity index (χ2n) is 5.53. The van der Waals surface area contributed by atoms with Gasteiger partial charge in [-0.05, 0) is 32.1 Å². The summed E-state index contributed by atoms with van der Waals surface area (Å²) in [7, 11) is 1.86. The van der Waals surface area contributed by atoms with Gasteiger partial charge in [0.15, 0.2) is 5.16 Å². The van der Waals surface area contributed by atoms with E-state index in [4.69, 9.17) is 5.73 Å². The van der Waals surface area contributed by atoms with Crippen LogP contribution in [0.1, 0.15) is 44.0 Å². The fourth-order valence-electron chi connectivity index (χ4n) is 2.59. The molecule has 2 aliphatic carbocycles. The van der Waals surface area contributed by atoms with Gasteiger partial charge in [-0.25, -0.2) is 0 Å². The highest BCUT2D eigenvalue weighted by Crippen LogP contribution is 2.38. The number of carbonyl (C=O) groups excluding carboxylic acids is 1. The minimum Gasteiger partial charge on any atom is -0.324 e. The van der Waals surface area contributed by atoms with Gasteiger partial charge < -0.3 is 15.2 Å². The fraction of sp³-hybridized carbons (Fsp3) is 0.643. The van der Waals surface area contributed by atoms with Crippen LogP contribution in [0.3, 0.4) is 0 Å². The molecule has 0 radical (unpaired) electrons. The van der Waals surface area contributed by atoms with E-state index in [1.807, 2.05) is 7.05 Å². The molecule has 0 saturated heterocycles. The molecular weight excluding hydrogens is 286 g/mol. The first-order valence-electron chi connectivity index (χ1n) is 7.43. The lowest BCUT2D eigenvalue weighted by Crippen LogP contribution is -2.27. The van der Waals surface area contributed by atoms with Gasteiger partial charge in [-0.3, -0.25) is 4.79 Å². The molecule has 0 aromatic carbocycles. The Hall–Kier alpha value is -1.34. The summed E-state index contributed by atoms with van der Waals surface area (Å²) >= 11 is 1.46. The summed E-state index contributed by atoms with van der Waals surface area (Å²) in [6, 6.07) is 0.478. The highest BCUT2D eigenvalue weighted by molar-refractivity contribution is 7.99. The first-order chi connectivity index (χ1) is 10.2. The van der Waals surface area contributed by atoms with E-state index in [0.717, 1.165) is 48.8 Å². The summed E-state index contributed by atoms with van der Waals surface area (Å²) in [4.78, 5) is 14.0. The molecule has 1 aromatic rings. The Bertz CT molecular complexity index is 564. The van der Waals surface area contributed by atoms with Crippen LogP contribution in [0.15, 0.2) is 16.9 Å². The van der Waals surface area contributed by atoms with E-state index in [2.05, 4.69) is 20.8 Å². The summed E-state index contributed by atoms with van der Waals surface area (Å²) in [5.74, 6) is 1.33. The smallest absolute Gasteiger partial charge is 0.236 e. The van der Waals surface area contributed by atoms with E-state index in [1.165, 1.54) is 11.8 Å². The van der Waals surface area contributed by atoms with Gasteiger partial charge in [0.1, 0.15) is 5.82 Å². The fourth-order valence-corrected chi connectivity index (χ4v) is 3.52. The maximum absolute atomic E-state index is 12.3. The highest BCUT2D eigenvalue weighted by atomic mass is 32.2. The van der Waals surface area contributed by atoms with Crippen LogP contribution in [0.2, 0.25) is 0 Å². The molecule has 1 fully saturated rings. The third-order valence-electron chi connectivity index (χ3n) is 3.98. The van der Waals surface area contributed by atoms with Crippen LogP contribution in [-0.2, 0) is 11.3 Å². The van der Waals surface area contributed by atoms with Crippen molar-refractivity contribution in [2.75, 3.05) is 12.8 Å². The molecule has 2 aliphatic rings. The van der Waals surface area contributed by atoms with Gasteiger partial charge in [-0.1, -0.05) is 17.8 Å². The summed E-state index contributed by atoms with van der Waals surface area (Å²) < 4.78 is 2.10. The molecular formula is C14H21N5OS. The van der Waals surface area contributed by atoms with E-state index in [1.54, 1.807) is 4.90 Å². The lowest BCUT2D eigenvalue weighted by atomic mass is 10.3. The Morgan fingerprint density at radius 2 is 2.33 bits per heavy atom.